The average molecular weight is 320 g/mol. The highest BCUT2D eigenvalue weighted by molar-refractivity contribution is 7.11. The highest BCUT2D eigenvalue weighted by atomic mass is 32.1. The van der Waals surface area contributed by atoms with Gasteiger partial charge in [0.15, 0.2) is 0 Å². The van der Waals surface area contributed by atoms with E-state index >= 15 is 0 Å². The van der Waals surface area contributed by atoms with Gasteiger partial charge < -0.3 is 10.6 Å². The van der Waals surface area contributed by atoms with Gasteiger partial charge in [0.2, 0.25) is 0 Å². The highest BCUT2D eigenvalue weighted by Crippen LogP contribution is 2.31. The SMILES string of the molecule is CCc1nnc(CNC(=O)NC2CCc3ccc(F)cc32)s1. The van der Waals surface area contributed by atoms with E-state index < -0.39 is 0 Å². The number of aromatic nitrogens is 2. The minimum absolute atomic E-state index is 0.133. The minimum atomic E-state index is -0.270. The molecule has 0 saturated carbocycles. The lowest BCUT2D eigenvalue weighted by Crippen LogP contribution is -2.36. The number of nitrogens with zero attached hydrogens (tertiary/aromatic N) is 2. The van der Waals surface area contributed by atoms with Crippen LogP contribution in [0.1, 0.15) is 40.5 Å². The van der Waals surface area contributed by atoms with Gasteiger partial charge in [0.25, 0.3) is 0 Å². The topological polar surface area (TPSA) is 66.9 Å². The van der Waals surface area contributed by atoms with E-state index in [0.717, 1.165) is 40.4 Å². The van der Waals surface area contributed by atoms with Gasteiger partial charge in [-0.3, -0.25) is 0 Å². The molecule has 1 aliphatic rings. The van der Waals surface area contributed by atoms with E-state index in [4.69, 9.17) is 0 Å². The maximum absolute atomic E-state index is 13.3. The lowest BCUT2D eigenvalue weighted by molar-refractivity contribution is 0.236. The Bertz CT molecular complexity index is 688. The van der Waals surface area contributed by atoms with Crippen LogP contribution in [0.2, 0.25) is 0 Å². The van der Waals surface area contributed by atoms with Crippen LogP contribution in [0.15, 0.2) is 18.2 Å². The number of benzene rings is 1. The zero-order chi connectivity index (χ0) is 15.5. The van der Waals surface area contributed by atoms with Crippen LogP contribution in [0.3, 0.4) is 0 Å². The van der Waals surface area contributed by atoms with Crippen LogP contribution in [0.25, 0.3) is 0 Å². The Morgan fingerprint density at radius 2 is 2.23 bits per heavy atom. The maximum atomic E-state index is 13.3. The Balaban J connectivity index is 1.56. The van der Waals surface area contributed by atoms with Crippen molar-refractivity contribution in [2.45, 2.75) is 38.8 Å². The highest BCUT2D eigenvalue weighted by Gasteiger charge is 2.24. The third-order valence-corrected chi connectivity index (χ3v) is 4.77. The number of amides is 2. The van der Waals surface area contributed by atoms with Crippen molar-refractivity contribution in [2.75, 3.05) is 0 Å². The second kappa shape index (κ2) is 6.39. The normalized spacial score (nSPS) is 16.4. The summed E-state index contributed by atoms with van der Waals surface area (Å²) in [6, 6.07) is 4.35. The van der Waals surface area contributed by atoms with Gasteiger partial charge in [0.1, 0.15) is 15.8 Å². The van der Waals surface area contributed by atoms with Crippen LogP contribution in [0, 0.1) is 5.82 Å². The standard InChI is InChI=1S/C15H17FN4OS/c1-2-13-19-20-14(22-13)8-17-15(21)18-12-6-4-9-3-5-10(16)7-11(9)12/h3,5,7,12H,2,4,6,8H2,1H3,(H2,17,18,21). The molecule has 2 amide bonds. The van der Waals surface area contributed by atoms with Crippen molar-refractivity contribution in [3.05, 3.63) is 45.2 Å². The average Bonchev–Trinajstić information content (AvgIpc) is 3.12. The molecule has 22 heavy (non-hydrogen) atoms. The predicted octanol–water partition coefficient (Wildman–Crippen LogP) is 2.73. The Morgan fingerprint density at radius 3 is 3.00 bits per heavy atom. The van der Waals surface area contributed by atoms with Gasteiger partial charge in [-0.2, -0.15) is 0 Å². The van der Waals surface area contributed by atoms with Crippen LogP contribution in [0.5, 0.6) is 0 Å². The summed E-state index contributed by atoms with van der Waals surface area (Å²) in [7, 11) is 0. The van der Waals surface area contributed by atoms with E-state index in [-0.39, 0.29) is 17.9 Å². The number of carbonyl (C=O) groups excluding carboxylic acids is 1. The molecule has 1 unspecified atom stereocenters. The minimum Gasteiger partial charge on any atom is -0.332 e. The molecule has 1 aliphatic carbocycles. The molecule has 1 heterocycles. The number of fused-ring (bicyclic) bond motifs is 1. The molecule has 0 bridgehead atoms. The fourth-order valence-corrected chi connectivity index (χ4v) is 3.31. The Labute approximate surface area is 132 Å². The van der Waals surface area contributed by atoms with Gasteiger partial charge >= 0.3 is 6.03 Å². The van der Waals surface area contributed by atoms with Crippen molar-refractivity contribution in [2.24, 2.45) is 0 Å². The van der Waals surface area contributed by atoms with Gasteiger partial charge in [-0.25, -0.2) is 9.18 Å². The summed E-state index contributed by atoms with van der Waals surface area (Å²) < 4.78 is 13.3. The molecule has 3 rings (SSSR count). The van der Waals surface area contributed by atoms with E-state index in [2.05, 4.69) is 20.8 Å². The molecule has 0 saturated heterocycles. The van der Waals surface area contributed by atoms with Gasteiger partial charge in [-0.15, -0.1) is 10.2 Å². The van der Waals surface area contributed by atoms with E-state index in [0.29, 0.717) is 6.54 Å². The number of carbonyl (C=O) groups is 1. The molecule has 1 aromatic carbocycles. The lowest BCUT2D eigenvalue weighted by Gasteiger charge is -2.14. The van der Waals surface area contributed by atoms with Crippen molar-refractivity contribution >= 4 is 17.4 Å². The zero-order valence-corrected chi connectivity index (χ0v) is 13.0. The van der Waals surface area contributed by atoms with Crippen LogP contribution in [-0.2, 0) is 19.4 Å². The zero-order valence-electron chi connectivity index (χ0n) is 12.2. The molecule has 0 aliphatic heterocycles. The Hall–Kier alpha value is -2.02. The van der Waals surface area contributed by atoms with Gasteiger partial charge in [-0.05, 0) is 42.5 Å². The molecule has 5 nitrogen and oxygen atoms in total. The molecule has 0 spiro atoms. The number of urea groups is 1. The molecule has 116 valence electrons. The van der Waals surface area contributed by atoms with E-state index in [1.54, 1.807) is 6.07 Å². The number of halogens is 1. The summed E-state index contributed by atoms with van der Waals surface area (Å²) in [5, 5.41) is 15.4. The van der Waals surface area contributed by atoms with Gasteiger partial charge in [0, 0.05) is 0 Å². The number of aryl methyl sites for hydroxylation is 2. The first-order valence-electron chi connectivity index (χ1n) is 7.29. The monoisotopic (exact) mass is 320 g/mol. The molecule has 1 atom stereocenters. The van der Waals surface area contributed by atoms with Crippen LogP contribution >= 0.6 is 11.3 Å². The van der Waals surface area contributed by atoms with Crippen molar-refractivity contribution in [1.29, 1.82) is 0 Å². The van der Waals surface area contributed by atoms with Crippen molar-refractivity contribution in [1.82, 2.24) is 20.8 Å². The van der Waals surface area contributed by atoms with Crippen LogP contribution in [0.4, 0.5) is 9.18 Å². The number of nitrogens with one attached hydrogen (secondary N) is 2. The summed E-state index contributed by atoms with van der Waals surface area (Å²) in [6.45, 7) is 2.37. The molecule has 0 radical (unpaired) electrons. The number of rotatable bonds is 4. The second-order valence-electron chi connectivity index (χ2n) is 5.20. The van der Waals surface area contributed by atoms with E-state index in [9.17, 15) is 9.18 Å². The Kier molecular flexibility index (Phi) is 4.33. The predicted molar refractivity (Wildman–Crippen MR) is 82.1 cm³/mol. The second-order valence-corrected chi connectivity index (χ2v) is 6.35. The number of hydrogen-bond donors (Lipinski definition) is 2. The van der Waals surface area contributed by atoms with E-state index in [1.165, 1.54) is 23.5 Å². The van der Waals surface area contributed by atoms with Crippen molar-refractivity contribution < 1.29 is 9.18 Å². The first-order chi connectivity index (χ1) is 10.7. The third kappa shape index (κ3) is 3.24. The fourth-order valence-electron chi connectivity index (χ4n) is 2.59. The first-order valence-corrected chi connectivity index (χ1v) is 8.11. The van der Waals surface area contributed by atoms with Crippen molar-refractivity contribution in [3.63, 3.8) is 0 Å². The lowest BCUT2D eigenvalue weighted by atomic mass is 10.1. The van der Waals surface area contributed by atoms with E-state index in [1.807, 2.05) is 6.92 Å². The van der Waals surface area contributed by atoms with Crippen LogP contribution in [-0.4, -0.2) is 16.2 Å². The molecular weight excluding hydrogens is 303 g/mol. The Morgan fingerprint density at radius 1 is 1.41 bits per heavy atom. The summed E-state index contributed by atoms with van der Waals surface area (Å²) in [6.07, 6.45) is 2.50. The third-order valence-electron chi connectivity index (χ3n) is 3.70. The molecule has 2 N–H and O–H groups in total. The van der Waals surface area contributed by atoms with Gasteiger partial charge in [-0.1, -0.05) is 24.3 Å². The summed E-state index contributed by atoms with van der Waals surface area (Å²) in [4.78, 5) is 12.0. The van der Waals surface area contributed by atoms with Crippen LogP contribution < -0.4 is 10.6 Å². The summed E-state index contributed by atoms with van der Waals surface area (Å²) in [5.41, 5.74) is 1.97. The molecule has 1 aromatic heterocycles. The summed E-state index contributed by atoms with van der Waals surface area (Å²) in [5.74, 6) is -0.270. The molecular formula is C15H17FN4OS. The smallest absolute Gasteiger partial charge is 0.315 e. The van der Waals surface area contributed by atoms with Gasteiger partial charge in [0.05, 0.1) is 12.6 Å². The molecule has 0 fully saturated rings. The quantitative estimate of drug-likeness (QED) is 0.910. The first kappa shape index (κ1) is 14.9. The van der Waals surface area contributed by atoms with Crippen molar-refractivity contribution in [3.8, 4) is 0 Å². The molecule has 2 aromatic rings. The largest absolute Gasteiger partial charge is 0.332 e. The fraction of sp³-hybridized carbons (Fsp3) is 0.400. The summed E-state index contributed by atoms with van der Waals surface area (Å²) >= 11 is 1.49. The number of hydrogen-bond acceptors (Lipinski definition) is 4. The molecule has 7 heteroatoms. The maximum Gasteiger partial charge on any atom is 0.315 e.